The van der Waals surface area contributed by atoms with E-state index in [1.807, 2.05) is 4.90 Å². The minimum Gasteiger partial charge on any atom is -0.508 e. The highest BCUT2D eigenvalue weighted by molar-refractivity contribution is 6.02. The van der Waals surface area contributed by atoms with Gasteiger partial charge >= 0.3 is 6.01 Å². The predicted octanol–water partition coefficient (Wildman–Crippen LogP) is 5.81. The molecule has 0 radical (unpaired) electrons. The fourth-order valence-corrected chi connectivity index (χ4v) is 8.21. The number of piperidine rings is 1. The van der Waals surface area contributed by atoms with Gasteiger partial charge in [-0.3, -0.25) is 9.88 Å². The van der Waals surface area contributed by atoms with Gasteiger partial charge in [0.15, 0.2) is 5.82 Å². The molecule has 3 aliphatic heterocycles. The summed E-state index contributed by atoms with van der Waals surface area (Å²) in [5.74, 6) is 2.11. The van der Waals surface area contributed by atoms with Crippen molar-refractivity contribution in [2.45, 2.75) is 50.0 Å². The molecule has 2 aromatic carbocycles. The van der Waals surface area contributed by atoms with Crippen LogP contribution in [-0.2, 0) is 0 Å². The molecule has 4 aliphatic rings. The Labute approximate surface area is 253 Å². The Morgan fingerprint density at radius 2 is 1.93 bits per heavy atom. The number of terminal acetylenes is 1. The van der Waals surface area contributed by atoms with Gasteiger partial charge in [-0.25, -0.2) is 13.2 Å². The van der Waals surface area contributed by atoms with E-state index in [1.165, 1.54) is 12.3 Å². The van der Waals surface area contributed by atoms with Crippen molar-refractivity contribution in [2.75, 3.05) is 37.7 Å². The smallest absolute Gasteiger partial charge is 0.319 e. The van der Waals surface area contributed by atoms with Crippen molar-refractivity contribution in [3.05, 3.63) is 47.9 Å². The van der Waals surface area contributed by atoms with Crippen molar-refractivity contribution >= 4 is 27.5 Å². The van der Waals surface area contributed by atoms with Crippen LogP contribution in [0.2, 0.25) is 0 Å². The number of rotatable bonds is 5. The van der Waals surface area contributed by atoms with Gasteiger partial charge in [0.2, 0.25) is 0 Å². The number of aromatic nitrogens is 3. The topological polar surface area (TPSA) is 74.6 Å². The highest BCUT2D eigenvalue weighted by Crippen LogP contribution is 2.44. The predicted molar refractivity (Wildman–Crippen MR) is 162 cm³/mol. The number of anilines is 1. The van der Waals surface area contributed by atoms with E-state index in [1.54, 1.807) is 24.3 Å². The highest BCUT2D eigenvalue weighted by atomic mass is 19.1. The number of nitrogens with zero attached hydrogens (tertiary/aromatic N) is 5. The van der Waals surface area contributed by atoms with E-state index in [9.17, 15) is 13.9 Å². The van der Waals surface area contributed by atoms with Gasteiger partial charge < -0.3 is 14.7 Å². The summed E-state index contributed by atoms with van der Waals surface area (Å²) in [6, 6.07) is 8.35. The monoisotopic (exact) mass is 599 g/mol. The Balaban J connectivity index is 1.27. The van der Waals surface area contributed by atoms with E-state index in [4.69, 9.17) is 16.1 Å². The number of aromatic hydroxyl groups is 1. The Morgan fingerprint density at radius 1 is 1.11 bits per heavy atom. The maximum absolute atomic E-state index is 16.7. The summed E-state index contributed by atoms with van der Waals surface area (Å²) in [4.78, 5) is 18.0. The minimum absolute atomic E-state index is 0.00752. The summed E-state index contributed by atoms with van der Waals surface area (Å²) in [6.45, 7) is 2.30. The van der Waals surface area contributed by atoms with Crippen molar-refractivity contribution < 1.29 is 23.0 Å². The molecule has 1 unspecified atom stereocenters. The lowest BCUT2D eigenvalue weighted by Gasteiger charge is -2.35. The van der Waals surface area contributed by atoms with Crippen molar-refractivity contribution in [1.29, 1.82) is 0 Å². The van der Waals surface area contributed by atoms with E-state index in [2.05, 4.69) is 20.8 Å². The number of hydrogen-bond donors (Lipinski definition) is 1. The second kappa shape index (κ2) is 10.2. The fourth-order valence-electron chi connectivity index (χ4n) is 8.21. The molecule has 44 heavy (non-hydrogen) atoms. The van der Waals surface area contributed by atoms with Crippen LogP contribution in [0.3, 0.4) is 0 Å². The van der Waals surface area contributed by atoms with Crippen LogP contribution in [0.1, 0.15) is 37.7 Å². The maximum atomic E-state index is 16.7. The third-order valence-corrected chi connectivity index (χ3v) is 10.3. The Hall–Kier alpha value is -4.10. The van der Waals surface area contributed by atoms with Crippen LogP contribution >= 0.6 is 0 Å². The number of halogens is 3. The van der Waals surface area contributed by atoms with Crippen LogP contribution in [-0.4, -0.2) is 75.6 Å². The maximum Gasteiger partial charge on any atom is 0.319 e. The number of pyridine rings is 1. The molecule has 0 spiro atoms. The van der Waals surface area contributed by atoms with Crippen molar-refractivity contribution in [3.8, 4) is 35.4 Å². The number of phenols is 1. The van der Waals surface area contributed by atoms with Crippen LogP contribution in [0.4, 0.5) is 19.0 Å². The van der Waals surface area contributed by atoms with Gasteiger partial charge in [-0.1, -0.05) is 18.1 Å². The molecule has 1 N–H and O–H groups in total. The number of fused-ring (bicyclic) bond motifs is 5. The normalized spacial score (nSPS) is 28.1. The van der Waals surface area contributed by atoms with Crippen LogP contribution in [0.25, 0.3) is 32.9 Å². The molecule has 8 rings (SSSR count). The lowest BCUT2D eigenvalue weighted by atomic mass is 9.95. The quantitative estimate of drug-likeness (QED) is 0.290. The average molecular weight is 600 g/mol. The van der Waals surface area contributed by atoms with E-state index in [0.29, 0.717) is 59.2 Å². The zero-order chi connectivity index (χ0) is 30.2. The Kier molecular flexibility index (Phi) is 6.38. The van der Waals surface area contributed by atoms with Gasteiger partial charge in [-0.2, -0.15) is 9.97 Å². The molecule has 4 fully saturated rings. The molecule has 5 heterocycles. The van der Waals surface area contributed by atoms with E-state index < -0.39 is 23.7 Å². The Morgan fingerprint density at radius 3 is 2.73 bits per heavy atom. The third-order valence-electron chi connectivity index (χ3n) is 10.3. The molecular formula is C34H32F3N5O2. The van der Waals surface area contributed by atoms with Gasteiger partial charge in [0.25, 0.3) is 0 Å². The molecular weight excluding hydrogens is 567 g/mol. The molecule has 3 saturated heterocycles. The Bertz CT molecular complexity index is 1830. The first-order chi connectivity index (χ1) is 21.3. The lowest BCUT2D eigenvalue weighted by molar-refractivity contribution is 0.107. The molecule has 10 heteroatoms. The number of alkyl halides is 2. The molecule has 4 aromatic rings. The van der Waals surface area contributed by atoms with Crippen LogP contribution < -0.4 is 9.64 Å². The van der Waals surface area contributed by atoms with Crippen LogP contribution in [0, 0.1) is 30.0 Å². The summed E-state index contributed by atoms with van der Waals surface area (Å²) in [7, 11) is 0. The van der Waals surface area contributed by atoms with Gasteiger partial charge in [0.05, 0.1) is 10.9 Å². The lowest BCUT2D eigenvalue weighted by Crippen LogP contribution is -2.44. The summed E-state index contributed by atoms with van der Waals surface area (Å²) >= 11 is 0. The van der Waals surface area contributed by atoms with Crippen LogP contribution in [0.5, 0.6) is 11.8 Å². The second-order valence-electron chi connectivity index (χ2n) is 12.9. The van der Waals surface area contributed by atoms with E-state index in [0.717, 1.165) is 32.2 Å². The number of ether oxygens (including phenoxy) is 1. The van der Waals surface area contributed by atoms with Crippen molar-refractivity contribution in [3.63, 3.8) is 0 Å². The third kappa shape index (κ3) is 4.27. The molecule has 1 aliphatic carbocycles. The first-order valence-electron chi connectivity index (χ1n) is 15.3. The first kappa shape index (κ1) is 27.4. The van der Waals surface area contributed by atoms with E-state index >= 15 is 4.39 Å². The summed E-state index contributed by atoms with van der Waals surface area (Å²) in [5, 5.41) is 12.2. The molecule has 0 amide bonds. The second-order valence-corrected chi connectivity index (χ2v) is 12.9. The molecule has 2 aromatic heterocycles. The molecule has 2 bridgehead atoms. The fraction of sp³-hybridized carbons (Fsp3) is 0.441. The first-order valence-corrected chi connectivity index (χ1v) is 15.3. The van der Waals surface area contributed by atoms with E-state index in [-0.39, 0.29) is 41.4 Å². The molecule has 5 atom stereocenters. The summed E-state index contributed by atoms with van der Waals surface area (Å²) in [6.07, 6.45) is 9.31. The number of phenolic OH excluding ortho intramolecular Hbond substituents is 1. The largest absolute Gasteiger partial charge is 0.508 e. The number of benzene rings is 2. The SMILES string of the molecule is C#Cc1cccc2cc(O)cc(-c3ncc4c(N5C[C@H]6CC[C@@H](C5)C6F)nc(OC[C@@]56CCCN5C[C@H](F)C6)nc4c3F)c12. The summed E-state index contributed by atoms with van der Waals surface area (Å²) < 4.78 is 52.3. The molecule has 226 valence electrons. The van der Waals surface area contributed by atoms with Gasteiger partial charge in [-0.15, -0.1) is 6.42 Å². The number of hydrogen-bond acceptors (Lipinski definition) is 7. The zero-order valence-electron chi connectivity index (χ0n) is 24.1. The van der Waals surface area contributed by atoms with Crippen LogP contribution in [0.15, 0.2) is 36.5 Å². The highest BCUT2D eigenvalue weighted by Gasteiger charge is 2.49. The molecule has 1 saturated carbocycles. The minimum atomic E-state index is -0.916. The van der Waals surface area contributed by atoms with Gasteiger partial charge in [0.1, 0.15) is 41.7 Å². The van der Waals surface area contributed by atoms with Crippen molar-refractivity contribution in [1.82, 2.24) is 19.9 Å². The van der Waals surface area contributed by atoms with Gasteiger partial charge in [-0.05, 0) is 55.8 Å². The zero-order valence-corrected chi connectivity index (χ0v) is 24.1. The average Bonchev–Trinajstić information content (AvgIpc) is 3.59. The standard InChI is InChI=1S/C34H32F3N5O2/c1-2-19-5-3-6-20-11-24(43)12-25(27(19)20)30-29(37)31-26(14-38-30)32(41-15-21-7-8-22(16-41)28(21)36)40-33(39-31)44-18-34-9-4-10-42(34)17-23(35)13-34/h1,3,5-6,11-12,14,21-23,28,43H,4,7-10,13,15-18H2/t21-,22+,23-,28?,34+/m1/s1. The molecule has 7 nitrogen and oxygen atoms in total. The van der Waals surface area contributed by atoms with Gasteiger partial charge in [0, 0.05) is 60.6 Å². The van der Waals surface area contributed by atoms with Crippen molar-refractivity contribution in [2.24, 2.45) is 11.8 Å². The summed E-state index contributed by atoms with van der Waals surface area (Å²) in [5.41, 5.74) is 0.439.